The lowest BCUT2D eigenvalue weighted by molar-refractivity contribution is -0.153. The lowest BCUT2D eigenvalue weighted by Gasteiger charge is -2.36. The normalized spacial score (nSPS) is 17.9. The highest BCUT2D eigenvalue weighted by molar-refractivity contribution is 5.82. The third kappa shape index (κ3) is 4.22. The van der Waals surface area contributed by atoms with E-state index in [2.05, 4.69) is 0 Å². The lowest BCUT2D eigenvalue weighted by atomic mass is 9.80. The van der Waals surface area contributed by atoms with E-state index in [0.29, 0.717) is 32.5 Å². The Hall–Kier alpha value is -1.59. The zero-order valence-corrected chi connectivity index (χ0v) is 11.5. The second-order valence-electron chi connectivity index (χ2n) is 5.05. The predicted molar refractivity (Wildman–Crippen MR) is 67.4 cm³/mol. The number of carboxylic acids is 1. The minimum Gasteiger partial charge on any atom is -0.481 e. The van der Waals surface area contributed by atoms with Crippen LogP contribution in [0.4, 0.5) is 0 Å². The van der Waals surface area contributed by atoms with Crippen LogP contribution >= 0.6 is 0 Å². The van der Waals surface area contributed by atoms with E-state index >= 15 is 0 Å². The molecule has 0 spiro atoms. The van der Waals surface area contributed by atoms with Crippen LogP contribution in [-0.2, 0) is 19.1 Å². The van der Waals surface area contributed by atoms with Gasteiger partial charge in [-0.05, 0) is 26.7 Å². The van der Waals surface area contributed by atoms with Gasteiger partial charge in [-0.2, -0.15) is 0 Å². The average Bonchev–Trinajstić information content (AvgIpc) is 2.37. The summed E-state index contributed by atoms with van der Waals surface area (Å²) in [5, 5.41) is 9.09. The SMILES string of the molecule is CCOC(=O)CCC(=O)N1CCC(C)(C(=O)O)CC1. The van der Waals surface area contributed by atoms with Crippen molar-refractivity contribution < 1.29 is 24.2 Å². The standard InChI is InChI=1S/C13H21NO5/c1-3-19-11(16)5-4-10(15)14-8-6-13(2,7-9-14)12(17)18/h3-9H2,1-2H3,(H,17,18). The Morgan fingerprint density at radius 1 is 1.21 bits per heavy atom. The maximum atomic E-state index is 11.9. The van der Waals surface area contributed by atoms with Crippen LogP contribution in [0.3, 0.4) is 0 Å². The van der Waals surface area contributed by atoms with E-state index in [1.165, 1.54) is 0 Å². The molecule has 0 aromatic rings. The maximum Gasteiger partial charge on any atom is 0.309 e. The van der Waals surface area contributed by atoms with Crippen molar-refractivity contribution in [3.8, 4) is 0 Å². The van der Waals surface area contributed by atoms with Gasteiger partial charge < -0.3 is 14.7 Å². The summed E-state index contributed by atoms with van der Waals surface area (Å²) in [6.07, 6.45) is 1.11. The summed E-state index contributed by atoms with van der Waals surface area (Å²) in [6.45, 7) is 4.61. The molecular weight excluding hydrogens is 250 g/mol. The highest BCUT2D eigenvalue weighted by atomic mass is 16.5. The molecule has 19 heavy (non-hydrogen) atoms. The number of aliphatic carboxylic acids is 1. The number of carbonyl (C=O) groups excluding carboxylic acids is 2. The molecule has 0 aliphatic carbocycles. The second kappa shape index (κ2) is 6.54. The van der Waals surface area contributed by atoms with E-state index in [0.717, 1.165) is 0 Å². The molecule has 1 amide bonds. The summed E-state index contributed by atoms with van der Waals surface area (Å²) in [4.78, 5) is 35.7. The minimum atomic E-state index is -0.814. The first-order chi connectivity index (χ1) is 8.89. The molecule has 0 aromatic heterocycles. The number of rotatable bonds is 5. The summed E-state index contributed by atoms with van der Waals surface area (Å²) in [5.41, 5.74) is -0.738. The molecule has 0 saturated carbocycles. The quantitative estimate of drug-likeness (QED) is 0.755. The van der Waals surface area contributed by atoms with Gasteiger partial charge in [-0.25, -0.2) is 0 Å². The fraction of sp³-hybridized carbons (Fsp3) is 0.769. The third-order valence-electron chi connectivity index (χ3n) is 3.58. The van der Waals surface area contributed by atoms with Gasteiger partial charge >= 0.3 is 11.9 Å². The molecule has 1 aliphatic heterocycles. The summed E-state index contributed by atoms with van der Waals surface area (Å²) in [5.74, 6) is -1.30. The number of likely N-dealkylation sites (tertiary alicyclic amines) is 1. The van der Waals surface area contributed by atoms with Crippen molar-refractivity contribution in [1.29, 1.82) is 0 Å². The monoisotopic (exact) mass is 271 g/mol. The van der Waals surface area contributed by atoms with Gasteiger partial charge in [0, 0.05) is 19.5 Å². The van der Waals surface area contributed by atoms with Crippen LogP contribution in [0.15, 0.2) is 0 Å². The van der Waals surface area contributed by atoms with Crippen molar-refractivity contribution in [2.45, 2.75) is 39.5 Å². The maximum absolute atomic E-state index is 11.9. The van der Waals surface area contributed by atoms with Gasteiger partial charge in [0.15, 0.2) is 0 Å². The number of amides is 1. The van der Waals surface area contributed by atoms with Gasteiger partial charge in [-0.3, -0.25) is 14.4 Å². The second-order valence-corrected chi connectivity index (χ2v) is 5.05. The Labute approximate surface area is 112 Å². The number of carboxylic acid groups (broad SMARTS) is 1. The molecule has 0 unspecified atom stereocenters. The van der Waals surface area contributed by atoms with Crippen LogP contribution < -0.4 is 0 Å². The molecule has 0 aromatic carbocycles. The Kier molecular flexibility index (Phi) is 5.32. The molecule has 108 valence electrons. The number of nitrogens with zero attached hydrogens (tertiary/aromatic N) is 1. The zero-order chi connectivity index (χ0) is 14.5. The Morgan fingerprint density at radius 3 is 2.26 bits per heavy atom. The molecule has 6 heteroatoms. The van der Waals surface area contributed by atoms with Gasteiger partial charge in [0.25, 0.3) is 0 Å². The van der Waals surface area contributed by atoms with Crippen LogP contribution in [0.5, 0.6) is 0 Å². The van der Waals surface area contributed by atoms with Gasteiger partial charge in [0.2, 0.25) is 5.91 Å². The summed E-state index contributed by atoms with van der Waals surface area (Å²) in [7, 11) is 0. The first-order valence-electron chi connectivity index (χ1n) is 6.56. The topological polar surface area (TPSA) is 83.9 Å². The molecule has 1 rings (SSSR count). The third-order valence-corrected chi connectivity index (χ3v) is 3.58. The van der Waals surface area contributed by atoms with Gasteiger partial charge in [-0.15, -0.1) is 0 Å². The summed E-state index contributed by atoms with van der Waals surface area (Å²) in [6, 6.07) is 0. The number of esters is 1. The van der Waals surface area contributed by atoms with Gasteiger partial charge in [0.1, 0.15) is 0 Å². The van der Waals surface area contributed by atoms with Crippen molar-refractivity contribution in [3.05, 3.63) is 0 Å². The fourth-order valence-electron chi connectivity index (χ4n) is 2.06. The zero-order valence-electron chi connectivity index (χ0n) is 11.5. The first-order valence-corrected chi connectivity index (χ1v) is 6.56. The average molecular weight is 271 g/mol. The van der Waals surface area contributed by atoms with Crippen LogP contribution in [0.1, 0.15) is 39.5 Å². The minimum absolute atomic E-state index is 0.0827. The van der Waals surface area contributed by atoms with Crippen molar-refractivity contribution in [2.24, 2.45) is 5.41 Å². The summed E-state index contributed by atoms with van der Waals surface area (Å²) >= 11 is 0. The molecular formula is C13H21NO5. The number of piperidine rings is 1. The fourth-order valence-corrected chi connectivity index (χ4v) is 2.06. The molecule has 0 atom stereocenters. The largest absolute Gasteiger partial charge is 0.481 e. The molecule has 1 saturated heterocycles. The van der Waals surface area contributed by atoms with Crippen LogP contribution in [-0.4, -0.2) is 47.5 Å². The van der Waals surface area contributed by atoms with Gasteiger partial charge in [0.05, 0.1) is 18.4 Å². The molecule has 1 N–H and O–H groups in total. The summed E-state index contributed by atoms with van der Waals surface area (Å²) < 4.78 is 4.76. The Balaban J connectivity index is 2.37. The van der Waals surface area contributed by atoms with Crippen molar-refractivity contribution in [2.75, 3.05) is 19.7 Å². The van der Waals surface area contributed by atoms with Crippen molar-refractivity contribution in [3.63, 3.8) is 0 Å². The highest BCUT2D eigenvalue weighted by Gasteiger charge is 2.37. The number of carbonyl (C=O) groups is 3. The van der Waals surface area contributed by atoms with Crippen LogP contribution in [0, 0.1) is 5.41 Å². The van der Waals surface area contributed by atoms with Crippen molar-refractivity contribution >= 4 is 17.8 Å². The van der Waals surface area contributed by atoms with Gasteiger partial charge in [-0.1, -0.05) is 0 Å². The molecule has 1 heterocycles. The molecule has 6 nitrogen and oxygen atoms in total. The van der Waals surface area contributed by atoms with E-state index in [4.69, 9.17) is 9.84 Å². The predicted octanol–water partition coefficient (Wildman–Crippen LogP) is 1.04. The van der Waals surface area contributed by atoms with Crippen LogP contribution in [0.2, 0.25) is 0 Å². The van der Waals surface area contributed by atoms with E-state index < -0.39 is 11.4 Å². The van der Waals surface area contributed by atoms with E-state index in [1.807, 2.05) is 0 Å². The van der Waals surface area contributed by atoms with Crippen molar-refractivity contribution in [1.82, 2.24) is 4.90 Å². The highest BCUT2D eigenvalue weighted by Crippen LogP contribution is 2.31. The molecule has 1 fully saturated rings. The van der Waals surface area contributed by atoms with E-state index in [1.54, 1.807) is 18.7 Å². The smallest absolute Gasteiger partial charge is 0.309 e. The lowest BCUT2D eigenvalue weighted by Crippen LogP contribution is -2.45. The molecule has 0 radical (unpaired) electrons. The molecule has 1 aliphatic rings. The molecule has 0 bridgehead atoms. The first kappa shape index (κ1) is 15.5. The van der Waals surface area contributed by atoms with E-state index in [9.17, 15) is 14.4 Å². The van der Waals surface area contributed by atoms with Crippen LogP contribution in [0.25, 0.3) is 0 Å². The Bertz CT molecular complexity index is 358. The number of hydrogen-bond donors (Lipinski definition) is 1. The number of hydrogen-bond acceptors (Lipinski definition) is 4. The number of ether oxygens (including phenoxy) is 1. The Morgan fingerprint density at radius 2 is 1.79 bits per heavy atom. The van der Waals surface area contributed by atoms with E-state index in [-0.39, 0.29) is 24.7 Å².